The number of hydrogen-bond donors (Lipinski definition) is 2. The van der Waals surface area contributed by atoms with Crippen molar-refractivity contribution in [2.45, 2.75) is 109 Å². The molecule has 6 aliphatic rings. The van der Waals surface area contributed by atoms with Gasteiger partial charge in [0.05, 0.1) is 49.7 Å². The van der Waals surface area contributed by atoms with Gasteiger partial charge < -0.3 is 43.9 Å². The number of alkyl carbamates (subject to hydrolysis) is 2. The molecule has 4 amide bonds. The fourth-order valence-corrected chi connectivity index (χ4v) is 11.1. The first-order valence-corrected chi connectivity index (χ1v) is 24.5. The van der Waals surface area contributed by atoms with E-state index in [1.165, 1.54) is 14.2 Å². The largest absolute Gasteiger partial charge is 0.493 e. The van der Waals surface area contributed by atoms with Crippen molar-refractivity contribution in [3.63, 3.8) is 0 Å². The molecule has 2 N–H and O–H groups in total. The predicted octanol–water partition coefficient (Wildman–Crippen LogP) is 8.83. The summed E-state index contributed by atoms with van der Waals surface area (Å²) < 4.78 is 41.7. The monoisotopic (exact) mass is 953 g/mol. The Balaban J connectivity index is 0.931. The number of aryl methyl sites for hydroxylation is 1. The summed E-state index contributed by atoms with van der Waals surface area (Å²) in [6.45, 7) is 9.38. The van der Waals surface area contributed by atoms with E-state index in [2.05, 4.69) is 39.5 Å². The molecule has 1 unspecified atom stereocenters. The lowest BCUT2D eigenvalue weighted by atomic mass is 9.95. The van der Waals surface area contributed by atoms with Crippen LogP contribution >= 0.6 is 0 Å². The standard InChI is InChI=1S/C54H60FN7O8/c1-29(2)48(58-53(65)67-5)50(63)60-17-7-11-42(60)39-23-36(27-56-39)31-13-15-41-35(20-31)25-44-47-38(55)22-34(26-46(47)70-52(62(41)44)33-14-16-45-32(21-33)10-9-19-69-45)37-24-40(57-28-37)43-12-8-18-61(43)51(64)49(30(3)4)59-54(66)68-6/h13-16,20-22,25-30,42-43,48-49,52H,7-12,17-19,23-24H2,1-6H3,(H,58,65)(H,59,66)/t42-,43-,48-,49-,52?/m0/s1. The summed E-state index contributed by atoms with van der Waals surface area (Å²) in [5.41, 5.74) is 9.13. The summed E-state index contributed by atoms with van der Waals surface area (Å²) in [5.74, 6) is 0.240. The normalized spacial score (nSPS) is 21.2. The average Bonchev–Trinajstić information content (AvgIpc) is 4.23. The molecule has 10 rings (SSSR count). The van der Waals surface area contributed by atoms with Gasteiger partial charge in [-0.05, 0) is 127 Å². The molecule has 0 bridgehead atoms. The second-order valence-corrected chi connectivity index (χ2v) is 19.8. The first-order valence-electron chi connectivity index (χ1n) is 24.5. The van der Waals surface area contributed by atoms with Crippen LogP contribution in [0.3, 0.4) is 0 Å². The molecule has 5 atom stereocenters. The highest BCUT2D eigenvalue weighted by molar-refractivity contribution is 6.06. The number of carbonyl (C=O) groups excluding carboxylic acids is 4. The molecule has 0 spiro atoms. The van der Waals surface area contributed by atoms with Gasteiger partial charge in [-0.15, -0.1) is 0 Å². The number of aliphatic imine (C=N–C) groups is 2. The summed E-state index contributed by atoms with van der Waals surface area (Å²) in [6.07, 6.45) is 7.67. The van der Waals surface area contributed by atoms with E-state index >= 15 is 4.39 Å². The van der Waals surface area contributed by atoms with Crippen molar-refractivity contribution in [1.82, 2.24) is 25.0 Å². The van der Waals surface area contributed by atoms with Crippen molar-refractivity contribution in [1.29, 1.82) is 0 Å². The third-order valence-corrected chi connectivity index (χ3v) is 14.7. The van der Waals surface area contributed by atoms with Crippen LogP contribution in [0.5, 0.6) is 11.5 Å². The van der Waals surface area contributed by atoms with Crippen LogP contribution in [0.15, 0.2) is 77.0 Å². The Morgan fingerprint density at radius 1 is 0.729 bits per heavy atom. The number of nitrogens with zero attached hydrogens (tertiary/aromatic N) is 5. The Morgan fingerprint density at radius 3 is 1.94 bits per heavy atom. The first-order chi connectivity index (χ1) is 33.8. The van der Waals surface area contributed by atoms with Crippen LogP contribution in [-0.4, -0.2) is 108 Å². The second kappa shape index (κ2) is 19.1. The van der Waals surface area contributed by atoms with Crippen LogP contribution < -0.4 is 20.1 Å². The van der Waals surface area contributed by atoms with Crippen molar-refractivity contribution < 1.29 is 42.5 Å². The number of methoxy groups -OCH3 is 2. The quantitative estimate of drug-likeness (QED) is 0.151. The van der Waals surface area contributed by atoms with Gasteiger partial charge in [0.25, 0.3) is 0 Å². The zero-order valence-corrected chi connectivity index (χ0v) is 40.6. The SMILES string of the molecule is COC(=O)N[C@H](C(=O)N1CCC[C@H]1C1=NC=C(c2cc(F)c3c(c2)OC(c2ccc4c(c2)CCCO4)n2c-3cc3cc(C4=CN=C([C@@H]5CCCN5C(=O)[C@@H](NC(=O)OC)C(C)C)C4)ccc32)C1)C(C)C. The lowest BCUT2D eigenvalue weighted by molar-refractivity contribution is -0.134. The number of aromatic nitrogens is 1. The van der Waals surface area contributed by atoms with Gasteiger partial charge in [0.15, 0.2) is 0 Å². The zero-order valence-electron chi connectivity index (χ0n) is 40.6. The molecule has 0 radical (unpaired) electrons. The van der Waals surface area contributed by atoms with E-state index < -0.39 is 36.3 Å². The van der Waals surface area contributed by atoms with Crippen molar-refractivity contribution in [3.05, 3.63) is 95.1 Å². The molecule has 2 saturated heterocycles. The van der Waals surface area contributed by atoms with Gasteiger partial charge in [0, 0.05) is 60.7 Å². The van der Waals surface area contributed by atoms with E-state index in [0.29, 0.717) is 55.1 Å². The summed E-state index contributed by atoms with van der Waals surface area (Å²) in [7, 11) is 2.57. The number of amides is 4. The average molecular weight is 954 g/mol. The van der Waals surface area contributed by atoms with Crippen LogP contribution in [0.1, 0.15) is 101 Å². The van der Waals surface area contributed by atoms with E-state index in [9.17, 15) is 19.2 Å². The van der Waals surface area contributed by atoms with E-state index in [1.54, 1.807) is 12.3 Å². The van der Waals surface area contributed by atoms with E-state index in [4.69, 9.17) is 28.9 Å². The van der Waals surface area contributed by atoms with Gasteiger partial charge in [-0.25, -0.2) is 14.0 Å². The third kappa shape index (κ3) is 8.59. The fourth-order valence-electron chi connectivity index (χ4n) is 11.1. The van der Waals surface area contributed by atoms with Crippen LogP contribution in [0.4, 0.5) is 14.0 Å². The minimum Gasteiger partial charge on any atom is -0.493 e. The number of rotatable bonds is 11. The molecular weight excluding hydrogens is 894 g/mol. The Bertz CT molecular complexity index is 2920. The van der Waals surface area contributed by atoms with Gasteiger partial charge in [0.1, 0.15) is 29.4 Å². The molecule has 1 aromatic heterocycles. The predicted molar refractivity (Wildman–Crippen MR) is 264 cm³/mol. The van der Waals surface area contributed by atoms with E-state index in [0.717, 1.165) is 94.4 Å². The van der Waals surface area contributed by atoms with Crippen molar-refractivity contribution in [2.24, 2.45) is 21.8 Å². The number of halogens is 1. The summed E-state index contributed by atoms with van der Waals surface area (Å²) in [4.78, 5) is 65.4. The molecule has 0 aliphatic carbocycles. The minimum atomic E-state index is -0.747. The molecule has 366 valence electrons. The number of hydrogen-bond acceptors (Lipinski definition) is 10. The maximum Gasteiger partial charge on any atom is 0.407 e. The van der Waals surface area contributed by atoms with Gasteiger partial charge in [0.2, 0.25) is 18.0 Å². The highest BCUT2D eigenvalue weighted by Crippen LogP contribution is 2.48. The topological polar surface area (TPSA) is 165 Å². The molecule has 70 heavy (non-hydrogen) atoms. The summed E-state index contributed by atoms with van der Waals surface area (Å²) in [6, 6.07) is 16.0. The summed E-state index contributed by atoms with van der Waals surface area (Å²) in [5, 5.41) is 6.35. The van der Waals surface area contributed by atoms with Gasteiger partial charge in [-0.3, -0.25) is 19.6 Å². The Hall–Kier alpha value is -6.97. The number of nitrogens with one attached hydrogen (secondary N) is 2. The molecule has 4 aromatic rings. The Labute approximate surface area is 406 Å². The van der Waals surface area contributed by atoms with Crippen molar-refractivity contribution >= 4 is 57.5 Å². The highest BCUT2D eigenvalue weighted by atomic mass is 19.1. The zero-order chi connectivity index (χ0) is 49.0. The fraction of sp³-hybridized carbons (Fsp3) is 0.444. The van der Waals surface area contributed by atoms with E-state index in [-0.39, 0.29) is 35.7 Å². The minimum absolute atomic E-state index is 0.134. The van der Waals surface area contributed by atoms with E-state index in [1.807, 2.05) is 68.0 Å². The molecule has 0 saturated carbocycles. The second-order valence-electron chi connectivity index (χ2n) is 19.8. The van der Waals surface area contributed by atoms with Gasteiger partial charge in [-0.2, -0.15) is 0 Å². The molecule has 16 heteroatoms. The Morgan fingerprint density at radius 2 is 1.34 bits per heavy atom. The van der Waals surface area contributed by atoms with Crippen molar-refractivity contribution in [3.8, 4) is 22.8 Å². The number of likely N-dealkylation sites (tertiary alicyclic amines) is 2. The number of allylic oxidation sites excluding steroid dienone is 2. The lowest BCUT2D eigenvalue weighted by Gasteiger charge is -2.32. The smallest absolute Gasteiger partial charge is 0.407 e. The third-order valence-electron chi connectivity index (χ3n) is 14.7. The van der Waals surface area contributed by atoms with Crippen molar-refractivity contribution in [2.75, 3.05) is 33.9 Å². The lowest BCUT2D eigenvalue weighted by Crippen LogP contribution is -2.53. The highest BCUT2D eigenvalue weighted by Gasteiger charge is 2.41. The number of ether oxygens (including phenoxy) is 4. The molecule has 6 aliphatic heterocycles. The van der Waals surface area contributed by atoms with Crippen LogP contribution in [0.25, 0.3) is 33.3 Å². The molecular formula is C54H60FN7O8. The summed E-state index contributed by atoms with van der Waals surface area (Å²) >= 11 is 0. The van der Waals surface area contributed by atoms with Crippen LogP contribution in [-0.2, 0) is 25.5 Å². The van der Waals surface area contributed by atoms with Gasteiger partial charge >= 0.3 is 12.2 Å². The molecule has 15 nitrogen and oxygen atoms in total. The first kappa shape index (κ1) is 46.7. The Kier molecular flexibility index (Phi) is 12.7. The van der Waals surface area contributed by atoms with Crippen LogP contribution in [0.2, 0.25) is 0 Å². The van der Waals surface area contributed by atoms with Gasteiger partial charge in [-0.1, -0.05) is 33.8 Å². The number of fused-ring (bicyclic) bond motifs is 6. The molecule has 2 fully saturated rings. The maximum atomic E-state index is 17.0. The number of carbonyl (C=O) groups is 4. The molecule has 7 heterocycles. The maximum absolute atomic E-state index is 17.0. The van der Waals surface area contributed by atoms with Crippen LogP contribution in [0, 0.1) is 17.7 Å². The molecule has 3 aromatic carbocycles. The number of benzene rings is 3.